The van der Waals surface area contributed by atoms with Crippen LogP contribution in [0.25, 0.3) is 0 Å². The molecule has 0 heterocycles. The number of aliphatic carboxylic acids is 1. The third kappa shape index (κ3) is 1.39. The van der Waals surface area contributed by atoms with Crippen molar-refractivity contribution in [2.75, 3.05) is 0 Å². The lowest BCUT2D eigenvalue weighted by Crippen LogP contribution is -2.18. The van der Waals surface area contributed by atoms with E-state index in [1.807, 2.05) is 6.92 Å². The molecule has 4 atom stereocenters. The summed E-state index contributed by atoms with van der Waals surface area (Å²) in [6, 6.07) is 0. The molecule has 1 saturated carbocycles. The molecule has 0 aliphatic heterocycles. The Balaban J connectivity index is 2.67. The van der Waals surface area contributed by atoms with E-state index >= 15 is 0 Å². The number of hydrogen-bond donors (Lipinski definition) is 1. The highest BCUT2D eigenvalue weighted by molar-refractivity contribution is 5.70. The maximum Gasteiger partial charge on any atom is 0.306 e. The minimum absolute atomic E-state index is 0.0972. The first kappa shape index (κ1) is 8.57. The van der Waals surface area contributed by atoms with Crippen molar-refractivity contribution in [2.24, 2.45) is 23.7 Å². The third-order valence-corrected chi connectivity index (χ3v) is 3.30. The molecule has 1 aliphatic rings. The molecule has 1 N–H and O–H groups in total. The summed E-state index contributed by atoms with van der Waals surface area (Å²) >= 11 is 0. The number of hydrogen-bond acceptors (Lipinski definition) is 1. The summed E-state index contributed by atoms with van der Waals surface area (Å²) in [4.78, 5) is 10.7. The average Bonchev–Trinajstić information content (AvgIpc) is 2.17. The lowest BCUT2D eigenvalue weighted by atomic mass is 9.91. The second kappa shape index (κ2) is 2.84. The smallest absolute Gasteiger partial charge is 0.306 e. The predicted octanol–water partition coefficient (Wildman–Crippen LogP) is 2.00. The summed E-state index contributed by atoms with van der Waals surface area (Å²) in [7, 11) is 0. The predicted molar refractivity (Wildman–Crippen MR) is 43.2 cm³/mol. The molecular weight excluding hydrogens is 140 g/mol. The summed E-state index contributed by atoms with van der Waals surface area (Å²) in [6.45, 7) is 6.34. The van der Waals surface area contributed by atoms with Gasteiger partial charge in [0.25, 0.3) is 0 Å². The zero-order valence-electron chi connectivity index (χ0n) is 7.37. The molecule has 0 saturated heterocycles. The molecule has 0 spiro atoms. The van der Waals surface area contributed by atoms with Crippen LogP contribution >= 0.6 is 0 Å². The molecule has 0 amide bonds. The van der Waals surface area contributed by atoms with Crippen LogP contribution in [0.4, 0.5) is 0 Å². The van der Waals surface area contributed by atoms with Crippen molar-refractivity contribution in [2.45, 2.75) is 27.2 Å². The van der Waals surface area contributed by atoms with Crippen molar-refractivity contribution in [1.82, 2.24) is 0 Å². The summed E-state index contributed by atoms with van der Waals surface area (Å²) < 4.78 is 0. The van der Waals surface area contributed by atoms with Crippen LogP contribution in [0.2, 0.25) is 0 Å². The minimum atomic E-state index is -0.617. The number of carboxylic acids is 1. The molecule has 0 bridgehead atoms. The Labute approximate surface area is 67.6 Å². The Morgan fingerprint density at radius 2 is 1.82 bits per heavy atom. The Morgan fingerprint density at radius 3 is 2.00 bits per heavy atom. The van der Waals surface area contributed by atoms with Gasteiger partial charge in [-0.05, 0) is 24.2 Å². The quantitative estimate of drug-likeness (QED) is 0.630. The van der Waals surface area contributed by atoms with E-state index < -0.39 is 5.97 Å². The highest BCUT2D eigenvalue weighted by Crippen LogP contribution is 2.40. The molecule has 1 rings (SSSR count). The standard InChI is InChI=1S/C9H16O2/c1-5-4-8(9(10)11)7(3)6(5)2/h5-8H,4H2,1-3H3,(H,10,11)/t5-,6-,7-,8+/m1/s1. The van der Waals surface area contributed by atoms with Crippen LogP contribution < -0.4 is 0 Å². The van der Waals surface area contributed by atoms with Gasteiger partial charge in [-0.25, -0.2) is 0 Å². The van der Waals surface area contributed by atoms with Gasteiger partial charge < -0.3 is 5.11 Å². The van der Waals surface area contributed by atoms with E-state index in [0.29, 0.717) is 17.8 Å². The SMILES string of the molecule is C[C@@H]1[C@H](C)[C@H](C)C[C@@H]1C(=O)O. The molecule has 11 heavy (non-hydrogen) atoms. The number of rotatable bonds is 1. The summed E-state index contributed by atoms with van der Waals surface area (Å²) in [5.74, 6) is 0.776. The molecule has 2 nitrogen and oxygen atoms in total. The summed E-state index contributed by atoms with van der Waals surface area (Å²) in [5.41, 5.74) is 0. The van der Waals surface area contributed by atoms with Crippen LogP contribution in [0.5, 0.6) is 0 Å². The molecule has 2 heteroatoms. The van der Waals surface area contributed by atoms with E-state index in [1.54, 1.807) is 0 Å². The Kier molecular flexibility index (Phi) is 2.21. The van der Waals surface area contributed by atoms with Gasteiger partial charge in [-0.15, -0.1) is 0 Å². The van der Waals surface area contributed by atoms with Crippen molar-refractivity contribution >= 4 is 5.97 Å². The van der Waals surface area contributed by atoms with E-state index in [-0.39, 0.29) is 5.92 Å². The first-order valence-corrected chi connectivity index (χ1v) is 4.26. The minimum Gasteiger partial charge on any atom is -0.481 e. The van der Waals surface area contributed by atoms with Gasteiger partial charge in [-0.3, -0.25) is 4.79 Å². The van der Waals surface area contributed by atoms with Crippen molar-refractivity contribution in [3.05, 3.63) is 0 Å². The maximum absolute atomic E-state index is 10.7. The Morgan fingerprint density at radius 1 is 1.27 bits per heavy atom. The van der Waals surface area contributed by atoms with Gasteiger partial charge in [-0.2, -0.15) is 0 Å². The monoisotopic (exact) mass is 156 g/mol. The highest BCUT2D eigenvalue weighted by Gasteiger charge is 2.39. The van der Waals surface area contributed by atoms with Crippen LogP contribution in [0.1, 0.15) is 27.2 Å². The number of carbonyl (C=O) groups is 1. The fraction of sp³-hybridized carbons (Fsp3) is 0.889. The van der Waals surface area contributed by atoms with Crippen LogP contribution in [-0.4, -0.2) is 11.1 Å². The normalized spacial score (nSPS) is 44.3. The van der Waals surface area contributed by atoms with E-state index in [0.717, 1.165) is 6.42 Å². The average molecular weight is 156 g/mol. The van der Waals surface area contributed by atoms with Gasteiger partial charge in [-0.1, -0.05) is 20.8 Å². The fourth-order valence-electron chi connectivity index (χ4n) is 2.04. The molecule has 1 fully saturated rings. The molecule has 1 aliphatic carbocycles. The molecular formula is C9H16O2. The van der Waals surface area contributed by atoms with E-state index in [4.69, 9.17) is 5.11 Å². The van der Waals surface area contributed by atoms with Crippen LogP contribution in [-0.2, 0) is 4.79 Å². The van der Waals surface area contributed by atoms with Crippen LogP contribution in [0, 0.1) is 23.7 Å². The van der Waals surface area contributed by atoms with Crippen LogP contribution in [0.15, 0.2) is 0 Å². The van der Waals surface area contributed by atoms with Gasteiger partial charge >= 0.3 is 5.97 Å². The zero-order valence-corrected chi connectivity index (χ0v) is 7.37. The van der Waals surface area contributed by atoms with Gasteiger partial charge in [0.1, 0.15) is 0 Å². The molecule has 0 aromatic heterocycles. The first-order chi connectivity index (χ1) is 5.04. The lowest BCUT2D eigenvalue weighted by molar-refractivity contribution is -0.142. The second-order valence-electron chi connectivity index (χ2n) is 3.88. The molecule has 0 aromatic rings. The van der Waals surface area contributed by atoms with Crippen LogP contribution in [0.3, 0.4) is 0 Å². The van der Waals surface area contributed by atoms with Crippen molar-refractivity contribution in [3.63, 3.8) is 0 Å². The Hall–Kier alpha value is -0.530. The largest absolute Gasteiger partial charge is 0.481 e. The van der Waals surface area contributed by atoms with Gasteiger partial charge in [0, 0.05) is 0 Å². The third-order valence-electron chi connectivity index (χ3n) is 3.30. The number of carboxylic acid groups (broad SMARTS) is 1. The second-order valence-corrected chi connectivity index (χ2v) is 3.88. The summed E-state index contributed by atoms with van der Waals surface area (Å²) in [6.07, 6.45) is 0.859. The summed E-state index contributed by atoms with van der Waals surface area (Å²) in [5, 5.41) is 8.82. The zero-order chi connectivity index (χ0) is 8.59. The van der Waals surface area contributed by atoms with E-state index in [2.05, 4.69) is 13.8 Å². The molecule has 0 radical (unpaired) electrons. The topological polar surface area (TPSA) is 37.3 Å². The van der Waals surface area contributed by atoms with Gasteiger partial charge in [0.15, 0.2) is 0 Å². The molecule has 0 aromatic carbocycles. The maximum atomic E-state index is 10.7. The van der Waals surface area contributed by atoms with Crippen molar-refractivity contribution in [3.8, 4) is 0 Å². The van der Waals surface area contributed by atoms with Crippen molar-refractivity contribution in [1.29, 1.82) is 0 Å². The van der Waals surface area contributed by atoms with Gasteiger partial charge in [0.2, 0.25) is 0 Å². The Bertz CT molecular complexity index is 165. The lowest BCUT2D eigenvalue weighted by Gasteiger charge is -2.14. The first-order valence-electron chi connectivity index (χ1n) is 4.26. The molecule has 0 unspecified atom stereocenters. The van der Waals surface area contributed by atoms with E-state index in [1.165, 1.54) is 0 Å². The molecule has 64 valence electrons. The van der Waals surface area contributed by atoms with Crippen molar-refractivity contribution < 1.29 is 9.90 Å². The highest BCUT2D eigenvalue weighted by atomic mass is 16.4. The fourth-order valence-corrected chi connectivity index (χ4v) is 2.04. The van der Waals surface area contributed by atoms with E-state index in [9.17, 15) is 4.79 Å². The van der Waals surface area contributed by atoms with Gasteiger partial charge in [0.05, 0.1) is 5.92 Å².